The summed E-state index contributed by atoms with van der Waals surface area (Å²) in [5, 5.41) is 0. The summed E-state index contributed by atoms with van der Waals surface area (Å²) >= 11 is 4.96. The van der Waals surface area contributed by atoms with Crippen LogP contribution in [0.15, 0.2) is 30.6 Å². The Morgan fingerprint density at radius 1 is 1.33 bits per heavy atom. The highest BCUT2D eigenvalue weighted by atomic mass is 32.1. The molecule has 2 aromatic rings. The fourth-order valence-electron chi connectivity index (χ4n) is 1.31. The van der Waals surface area contributed by atoms with Gasteiger partial charge in [-0.15, -0.1) is 0 Å². The standard InChI is InChI=1S/C10H8F2N2S/c11-8-2-1-7(9(12)5-8)6-14-4-3-13-10(14)15/h1-5H,6H2,(H,13,15). The second kappa shape index (κ2) is 3.94. The molecule has 0 saturated carbocycles. The molecule has 0 radical (unpaired) electrons. The second-order valence-electron chi connectivity index (χ2n) is 3.13. The highest BCUT2D eigenvalue weighted by Gasteiger charge is 2.04. The van der Waals surface area contributed by atoms with Gasteiger partial charge in [0.1, 0.15) is 11.6 Å². The van der Waals surface area contributed by atoms with E-state index in [-0.39, 0.29) is 0 Å². The fourth-order valence-corrected chi connectivity index (χ4v) is 1.50. The minimum absolute atomic E-state index is 0.300. The van der Waals surface area contributed by atoms with Crippen LogP contribution in [0.4, 0.5) is 8.78 Å². The van der Waals surface area contributed by atoms with Crippen LogP contribution in [0.25, 0.3) is 0 Å². The summed E-state index contributed by atoms with van der Waals surface area (Å²) in [5.74, 6) is -1.13. The van der Waals surface area contributed by atoms with Crippen LogP contribution in [-0.4, -0.2) is 9.55 Å². The molecule has 2 rings (SSSR count). The van der Waals surface area contributed by atoms with Gasteiger partial charge >= 0.3 is 0 Å². The minimum atomic E-state index is -0.575. The first-order chi connectivity index (χ1) is 7.16. The first kappa shape index (κ1) is 10.0. The van der Waals surface area contributed by atoms with Gasteiger partial charge in [0.2, 0.25) is 0 Å². The third-order valence-electron chi connectivity index (χ3n) is 2.08. The molecule has 0 aliphatic rings. The molecule has 0 amide bonds. The van der Waals surface area contributed by atoms with Crippen LogP contribution < -0.4 is 0 Å². The zero-order chi connectivity index (χ0) is 10.8. The molecule has 0 bridgehead atoms. The Hall–Kier alpha value is -1.49. The van der Waals surface area contributed by atoms with Crippen LogP contribution in [-0.2, 0) is 6.54 Å². The average Bonchev–Trinajstić information content (AvgIpc) is 2.57. The molecule has 78 valence electrons. The Morgan fingerprint density at radius 2 is 2.13 bits per heavy atom. The van der Waals surface area contributed by atoms with Crippen molar-refractivity contribution in [2.45, 2.75) is 6.54 Å². The van der Waals surface area contributed by atoms with Crippen molar-refractivity contribution in [3.05, 3.63) is 52.6 Å². The molecule has 1 N–H and O–H groups in total. The first-order valence-electron chi connectivity index (χ1n) is 4.34. The van der Waals surface area contributed by atoms with Crippen LogP contribution in [0.1, 0.15) is 5.56 Å². The van der Waals surface area contributed by atoms with Gasteiger partial charge in [0.15, 0.2) is 4.77 Å². The molecular formula is C10H8F2N2S. The van der Waals surface area contributed by atoms with Gasteiger partial charge in [-0.05, 0) is 18.3 Å². The molecule has 1 aromatic heterocycles. The molecule has 0 saturated heterocycles. The minimum Gasteiger partial charge on any atom is -0.337 e. The maximum atomic E-state index is 13.3. The van der Waals surface area contributed by atoms with E-state index in [4.69, 9.17) is 12.2 Å². The van der Waals surface area contributed by atoms with Gasteiger partial charge in [0.05, 0.1) is 6.54 Å². The van der Waals surface area contributed by atoms with E-state index in [9.17, 15) is 8.78 Å². The number of benzene rings is 1. The number of nitrogens with one attached hydrogen (secondary N) is 1. The number of nitrogens with zero attached hydrogens (tertiary/aromatic N) is 1. The SMILES string of the molecule is Fc1ccc(Cn2cc[nH]c2=S)c(F)c1. The van der Waals surface area contributed by atoms with E-state index in [2.05, 4.69) is 4.98 Å². The lowest BCUT2D eigenvalue weighted by molar-refractivity contribution is 0.565. The van der Waals surface area contributed by atoms with Crippen molar-refractivity contribution in [3.63, 3.8) is 0 Å². The summed E-state index contributed by atoms with van der Waals surface area (Å²) in [5.41, 5.74) is 0.409. The van der Waals surface area contributed by atoms with Gasteiger partial charge in [-0.25, -0.2) is 8.78 Å². The summed E-state index contributed by atoms with van der Waals surface area (Å²) in [6.45, 7) is 0.300. The van der Waals surface area contributed by atoms with E-state index < -0.39 is 11.6 Å². The van der Waals surface area contributed by atoms with Crippen molar-refractivity contribution in [3.8, 4) is 0 Å². The number of aromatic amines is 1. The number of rotatable bonds is 2. The Kier molecular flexibility index (Phi) is 2.64. The van der Waals surface area contributed by atoms with Gasteiger partial charge < -0.3 is 9.55 Å². The molecule has 1 aromatic carbocycles. The van der Waals surface area contributed by atoms with Crippen molar-refractivity contribution < 1.29 is 8.78 Å². The summed E-state index contributed by atoms with van der Waals surface area (Å²) in [7, 11) is 0. The normalized spacial score (nSPS) is 10.5. The predicted octanol–water partition coefficient (Wildman–Crippen LogP) is 2.87. The zero-order valence-electron chi connectivity index (χ0n) is 7.71. The molecule has 0 aliphatic carbocycles. The van der Waals surface area contributed by atoms with E-state index in [1.54, 1.807) is 17.0 Å². The summed E-state index contributed by atoms with van der Waals surface area (Å²) in [6.07, 6.45) is 3.38. The van der Waals surface area contributed by atoms with Gasteiger partial charge in [-0.2, -0.15) is 0 Å². The lowest BCUT2D eigenvalue weighted by Crippen LogP contribution is -2.01. The molecule has 5 heteroatoms. The number of aromatic nitrogens is 2. The van der Waals surface area contributed by atoms with Gasteiger partial charge in [-0.1, -0.05) is 6.07 Å². The van der Waals surface area contributed by atoms with Crippen LogP contribution in [0.3, 0.4) is 0 Å². The monoisotopic (exact) mass is 226 g/mol. The van der Waals surface area contributed by atoms with E-state index in [1.807, 2.05) is 0 Å². The van der Waals surface area contributed by atoms with Gasteiger partial charge in [0.25, 0.3) is 0 Å². The molecule has 15 heavy (non-hydrogen) atoms. The number of imidazole rings is 1. The Labute approximate surface area is 90.2 Å². The molecule has 0 atom stereocenters. The predicted molar refractivity (Wildman–Crippen MR) is 55.1 cm³/mol. The van der Waals surface area contributed by atoms with E-state index >= 15 is 0 Å². The quantitative estimate of drug-likeness (QED) is 0.781. The molecular weight excluding hydrogens is 218 g/mol. The Morgan fingerprint density at radius 3 is 2.73 bits per heavy atom. The van der Waals surface area contributed by atoms with Crippen molar-refractivity contribution in [2.75, 3.05) is 0 Å². The molecule has 0 spiro atoms. The van der Waals surface area contributed by atoms with Crippen molar-refractivity contribution >= 4 is 12.2 Å². The largest absolute Gasteiger partial charge is 0.337 e. The number of halogens is 2. The van der Waals surface area contributed by atoms with Crippen molar-refractivity contribution in [2.24, 2.45) is 0 Å². The maximum Gasteiger partial charge on any atom is 0.177 e. The molecule has 2 nitrogen and oxygen atoms in total. The lowest BCUT2D eigenvalue weighted by atomic mass is 10.2. The number of H-pyrrole nitrogens is 1. The summed E-state index contributed by atoms with van der Waals surface area (Å²) < 4.78 is 28.1. The smallest absolute Gasteiger partial charge is 0.177 e. The van der Waals surface area contributed by atoms with Crippen LogP contribution >= 0.6 is 12.2 Å². The van der Waals surface area contributed by atoms with Crippen LogP contribution in [0.2, 0.25) is 0 Å². The summed E-state index contributed by atoms with van der Waals surface area (Å²) in [6, 6.07) is 3.51. The van der Waals surface area contributed by atoms with E-state index in [0.717, 1.165) is 6.07 Å². The van der Waals surface area contributed by atoms with Gasteiger partial charge in [-0.3, -0.25) is 0 Å². The maximum absolute atomic E-state index is 13.3. The molecule has 0 unspecified atom stereocenters. The topological polar surface area (TPSA) is 20.7 Å². The number of hydrogen-bond acceptors (Lipinski definition) is 1. The van der Waals surface area contributed by atoms with Crippen molar-refractivity contribution in [1.29, 1.82) is 0 Å². The van der Waals surface area contributed by atoms with E-state index in [0.29, 0.717) is 16.9 Å². The van der Waals surface area contributed by atoms with Gasteiger partial charge in [0, 0.05) is 24.0 Å². The molecule has 0 fully saturated rings. The third kappa shape index (κ3) is 2.12. The first-order valence-corrected chi connectivity index (χ1v) is 4.75. The van der Waals surface area contributed by atoms with E-state index in [1.165, 1.54) is 12.1 Å². The fraction of sp³-hybridized carbons (Fsp3) is 0.100. The third-order valence-corrected chi connectivity index (χ3v) is 2.43. The lowest BCUT2D eigenvalue weighted by Gasteiger charge is -2.04. The van der Waals surface area contributed by atoms with Crippen LogP contribution in [0, 0.1) is 16.4 Å². The van der Waals surface area contributed by atoms with Crippen LogP contribution in [0.5, 0.6) is 0 Å². The summed E-state index contributed by atoms with van der Waals surface area (Å²) in [4.78, 5) is 2.80. The highest BCUT2D eigenvalue weighted by Crippen LogP contribution is 2.11. The number of hydrogen-bond donors (Lipinski definition) is 1. The highest BCUT2D eigenvalue weighted by molar-refractivity contribution is 7.71. The van der Waals surface area contributed by atoms with Crippen molar-refractivity contribution in [1.82, 2.24) is 9.55 Å². The Bertz CT molecular complexity index is 530. The Balaban J connectivity index is 2.33. The molecule has 0 aliphatic heterocycles. The zero-order valence-corrected chi connectivity index (χ0v) is 8.52. The average molecular weight is 226 g/mol. The molecule has 1 heterocycles. The second-order valence-corrected chi connectivity index (χ2v) is 3.52.